The second-order valence-electron chi connectivity index (χ2n) is 5.27. The van der Waals surface area contributed by atoms with Gasteiger partial charge >= 0.3 is 5.97 Å². The van der Waals surface area contributed by atoms with Gasteiger partial charge in [0, 0.05) is 11.6 Å². The number of benzene rings is 2. The number of nitro benzene ring substituents is 1. The van der Waals surface area contributed by atoms with E-state index in [1.807, 2.05) is 10.9 Å². The Bertz CT molecular complexity index is 915. The summed E-state index contributed by atoms with van der Waals surface area (Å²) in [5, 5.41) is 10.9. The molecule has 2 aromatic carbocycles. The molecular formula is C17H14FN3O6. The van der Waals surface area contributed by atoms with Crippen LogP contribution in [0.25, 0.3) is 0 Å². The maximum atomic E-state index is 13.4. The molecule has 0 radical (unpaired) electrons. The molecule has 27 heavy (non-hydrogen) atoms. The third-order valence-corrected chi connectivity index (χ3v) is 3.49. The van der Waals surface area contributed by atoms with Crippen molar-refractivity contribution in [2.24, 2.45) is 0 Å². The highest BCUT2D eigenvalue weighted by molar-refractivity contribution is 5.96. The predicted molar refractivity (Wildman–Crippen MR) is 90.1 cm³/mol. The van der Waals surface area contributed by atoms with E-state index < -0.39 is 35.1 Å². The normalized spacial score (nSPS) is 10.0. The number of ether oxygens (including phenoxy) is 1. The lowest BCUT2D eigenvalue weighted by atomic mass is 10.1. The minimum absolute atomic E-state index is 0.0626. The average molecular weight is 375 g/mol. The zero-order valence-electron chi connectivity index (χ0n) is 14.0. The number of hydrazine groups is 1. The second-order valence-corrected chi connectivity index (χ2v) is 5.27. The quantitative estimate of drug-likeness (QED) is 0.465. The highest BCUT2D eigenvalue weighted by Crippen LogP contribution is 2.21. The van der Waals surface area contributed by atoms with Gasteiger partial charge < -0.3 is 4.74 Å². The first kappa shape index (κ1) is 19.5. The number of rotatable bonds is 5. The lowest BCUT2D eigenvalue weighted by molar-refractivity contribution is -0.385. The molecule has 2 rings (SSSR count). The zero-order chi connectivity index (χ0) is 20.0. The van der Waals surface area contributed by atoms with E-state index in [2.05, 4.69) is 0 Å². The van der Waals surface area contributed by atoms with Crippen LogP contribution in [0.4, 0.5) is 10.1 Å². The molecule has 0 heterocycles. The van der Waals surface area contributed by atoms with E-state index in [4.69, 9.17) is 4.74 Å². The largest absolute Gasteiger partial charge is 0.452 e. The summed E-state index contributed by atoms with van der Waals surface area (Å²) in [6.07, 6.45) is 0. The van der Waals surface area contributed by atoms with E-state index >= 15 is 0 Å². The van der Waals surface area contributed by atoms with Crippen molar-refractivity contribution in [3.8, 4) is 0 Å². The Hall–Kier alpha value is -3.82. The van der Waals surface area contributed by atoms with Gasteiger partial charge in [0.15, 0.2) is 6.61 Å². The molecule has 2 aromatic rings. The number of nitro groups is 1. The molecule has 0 atom stereocenters. The molecule has 0 aliphatic heterocycles. The van der Waals surface area contributed by atoms with Gasteiger partial charge in [0.05, 0.1) is 16.1 Å². The van der Waals surface area contributed by atoms with Crippen molar-refractivity contribution in [1.29, 1.82) is 0 Å². The zero-order valence-corrected chi connectivity index (χ0v) is 14.0. The van der Waals surface area contributed by atoms with Gasteiger partial charge in [0.2, 0.25) is 0 Å². The summed E-state index contributed by atoms with van der Waals surface area (Å²) < 4.78 is 18.2. The second kappa shape index (κ2) is 8.52. The number of halogens is 1. The first-order valence-corrected chi connectivity index (χ1v) is 7.56. The van der Waals surface area contributed by atoms with E-state index in [1.54, 1.807) is 0 Å². The first-order valence-electron chi connectivity index (χ1n) is 7.56. The summed E-state index contributed by atoms with van der Waals surface area (Å²) in [6.45, 7) is 0.627. The number of carbonyl (C=O) groups excluding carboxylic acids is 3. The van der Waals surface area contributed by atoms with Crippen molar-refractivity contribution in [2.45, 2.75) is 6.92 Å². The summed E-state index contributed by atoms with van der Waals surface area (Å²) in [5.41, 5.74) is 3.45. The Morgan fingerprint density at radius 3 is 2.41 bits per heavy atom. The summed E-state index contributed by atoms with van der Waals surface area (Å²) in [4.78, 5) is 45.6. The number of carbonyl (C=O) groups is 3. The molecule has 0 aliphatic carbocycles. The summed E-state index contributed by atoms with van der Waals surface area (Å²) in [7, 11) is 0. The van der Waals surface area contributed by atoms with E-state index in [1.165, 1.54) is 43.3 Å². The van der Waals surface area contributed by atoms with E-state index in [0.29, 0.717) is 0 Å². The Kier molecular flexibility index (Phi) is 6.15. The Morgan fingerprint density at radius 1 is 1.07 bits per heavy atom. The summed E-state index contributed by atoms with van der Waals surface area (Å²) >= 11 is 0. The molecule has 0 aromatic heterocycles. The van der Waals surface area contributed by atoms with Crippen LogP contribution in [0.5, 0.6) is 0 Å². The highest BCUT2D eigenvalue weighted by Gasteiger charge is 2.20. The lowest BCUT2D eigenvalue weighted by Gasteiger charge is -2.09. The molecule has 9 nitrogen and oxygen atoms in total. The minimum atomic E-state index is -0.938. The maximum absolute atomic E-state index is 13.4. The Labute approximate surface area is 152 Å². The topological polar surface area (TPSA) is 128 Å². The van der Waals surface area contributed by atoms with Gasteiger partial charge in [0.1, 0.15) is 5.82 Å². The summed E-state index contributed by atoms with van der Waals surface area (Å²) in [6, 6.07) is 9.03. The van der Waals surface area contributed by atoms with E-state index in [0.717, 1.165) is 6.07 Å². The predicted octanol–water partition coefficient (Wildman–Crippen LogP) is 1.66. The SMILES string of the molecule is Cc1c(C(=O)OCC(=O)NNC(=O)c2ccccc2F)cccc1[N+](=O)[O-]. The minimum Gasteiger partial charge on any atom is -0.452 e. The van der Waals surface area contributed by atoms with Crippen LogP contribution in [0.2, 0.25) is 0 Å². The molecular weight excluding hydrogens is 361 g/mol. The van der Waals surface area contributed by atoms with Crippen LogP contribution in [-0.2, 0) is 9.53 Å². The van der Waals surface area contributed by atoms with Crippen molar-refractivity contribution in [3.05, 3.63) is 75.1 Å². The lowest BCUT2D eigenvalue weighted by Crippen LogP contribution is -2.43. The molecule has 0 fully saturated rings. The molecule has 0 saturated heterocycles. The number of hydrogen-bond acceptors (Lipinski definition) is 6. The molecule has 0 bridgehead atoms. The van der Waals surface area contributed by atoms with Gasteiger partial charge in [-0.1, -0.05) is 18.2 Å². The van der Waals surface area contributed by atoms with Crippen LogP contribution in [0.1, 0.15) is 26.3 Å². The van der Waals surface area contributed by atoms with Gasteiger partial charge in [-0.25, -0.2) is 9.18 Å². The third kappa shape index (κ3) is 4.84. The van der Waals surface area contributed by atoms with Crippen molar-refractivity contribution < 1.29 is 28.4 Å². The van der Waals surface area contributed by atoms with Crippen LogP contribution < -0.4 is 10.9 Å². The molecule has 0 saturated carbocycles. The molecule has 0 unspecified atom stereocenters. The summed E-state index contributed by atoms with van der Waals surface area (Å²) in [5.74, 6) is -3.47. The molecule has 0 spiro atoms. The van der Waals surface area contributed by atoms with Crippen molar-refractivity contribution in [2.75, 3.05) is 6.61 Å². The van der Waals surface area contributed by atoms with Crippen LogP contribution in [0, 0.1) is 22.9 Å². The van der Waals surface area contributed by atoms with Crippen LogP contribution in [-0.4, -0.2) is 29.3 Å². The molecule has 2 N–H and O–H groups in total. The van der Waals surface area contributed by atoms with Crippen LogP contribution in [0.15, 0.2) is 42.5 Å². The Balaban J connectivity index is 1.90. The van der Waals surface area contributed by atoms with Crippen molar-refractivity contribution >= 4 is 23.5 Å². The fourth-order valence-electron chi connectivity index (χ4n) is 2.13. The van der Waals surface area contributed by atoms with Gasteiger partial charge in [-0.05, 0) is 25.1 Å². The van der Waals surface area contributed by atoms with E-state index in [-0.39, 0.29) is 22.4 Å². The number of nitrogens with one attached hydrogen (secondary N) is 2. The monoisotopic (exact) mass is 375 g/mol. The standard InChI is InChI=1S/C17H14FN3O6/c1-10-11(6-4-8-14(10)21(25)26)17(24)27-9-15(22)19-20-16(23)12-5-2-3-7-13(12)18/h2-8H,9H2,1H3,(H,19,22)(H,20,23). The fraction of sp³-hybridized carbons (Fsp3) is 0.118. The van der Waals surface area contributed by atoms with Gasteiger partial charge in [-0.15, -0.1) is 0 Å². The molecule has 2 amide bonds. The van der Waals surface area contributed by atoms with E-state index in [9.17, 15) is 28.9 Å². The molecule has 10 heteroatoms. The average Bonchev–Trinajstić information content (AvgIpc) is 2.64. The van der Waals surface area contributed by atoms with Crippen LogP contribution in [0.3, 0.4) is 0 Å². The molecule has 0 aliphatic rings. The van der Waals surface area contributed by atoms with Crippen molar-refractivity contribution in [1.82, 2.24) is 10.9 Å². The van der Waals surface area contributed by atoms with Crippen molar-refractivity contribution in [3.63, 3.8) is 0 Å². The number of hydrogen-bond donors (Lipinski definition) is 2. The number of amides is 2. The Morgan fingerprint density at radius 2 is 1.74 bits per heavy atom. The van der Waals surface area contributed by atoms with Gasteiger partial charge in [0.25, 0.3) is 17.5 Å². The first-order chi connectivity index (χ1) is 12.8. The van der Waals surface area contributed by atoms with Crippen LogP contribution >= 0.6 is 0 Å². The highest BCUT2D eigenvalue weighted by atomic mass is 19.1. The fourth-order valence-corrected chi connectivity index (χ4v) is 2.13. The smallest absolute Gasteiger partial charge is 0.339 e. The third-order valence-electron chi connectivity index (χ3n) is 3.49. The van der Waals surface area contributed by atoms with Gasteiger partial charge in [-0.3, -0.25) is 30.6 Å². The number of esters is 1. The maximum Gasteiger partial charge on any atom is 0.339 e. The van der Waals surface area contributed by atoms with Gasteiger partial charge in [-0.2, -0.15) is 0 Å². The number of nitrogens with zero attached hydrogens (tertiary/aromatic N) is 1. The molecule has 140 valence electrons.